The molecule has 1 heterocycles. The van der Waals surface area contributed by atoms with Crippen molar-refractivity contribution in [2.24, 2.45) is 0 Å². The minimum absolute atomic E-state index is 0.0680. The van der Waals surface area contributed by atoms with Gasteiger partial charge < -0.3 is 15.4 Å². The number of carbonyl (C=O) groups excluding carboxylic acids is 1. The van der Waals surface area contributed by atoms with E-state index in [4.69, 9.17) is 4.74 Å². The molecule has 1 aliphatic rings. The molecule has 1 fully saturated rings. The maximum absolute atomic E-state index is 12.7. The summed E-state index contributed by atoms with van der Waals surface area (Å²) in [5.74, 6) is 0.487. The van der Waals surface area contributed by atoms with Crippen LogP contribution in [0.4, 0.5) is 13.2 Å². The molecule has 7 heteroatoms. The molecule has 1 saturated heterocycles. The van der Waals surface area contributed by atoms with E-state index in [0.29, 0.717) is 18.8 Å². The Morgan fingerprint density at radius 2 is 1.93 bits per heavy atom. The number of carbonyl (C=O) groups is 1. The van der Waals surface area contributed by atoms with E-state index in [1.54, 1.807) is 13.2 Å². The summed E-state index contributed by atoms with van der Waals surface area (Å²) < 4.78 is 43.3. The zero-order valence-corrected chi connectivity index (χ0v) is 14.8. The van der Waals surface area contributed by atoms with Crippen molar-refractivity contribution in [2.45, 2.75) is 24.6 Å². The Morgan fingerprint density at radius 3 is 2.59 bits per heavy atom. The van der Waals surface area contributed by atoms with Crippen LogP contribution in [0.15, 0.2) is 48.5 Å². The number of rotatable bonds is 5. The first-order valence-electron chi connectivity index (χ1n) is 8.67. The van der Waals surface area contributed by atoms with Crippen molar-refractivity contribution in [3.05, 3.63) is 65.2 Å². The molecular weight excluding hydrogens is 357 g/mol. The maximum atomic E-state index is 12.7. The van der Waals surface area contributed by atoms with Crippen LogP contribution in [0.25, 0.3) is 0 Å². The third kappa shape index (κ3) is 4.80. The topological polar surface area (TPSA) is 50.4 Å². The van der Waals surface area contributed by atoms with Crippen LogP contribution in [-0.4, -0.2) is 32.1 Å². The van der Waals surface area contributed by atoms with E-state index in [0.717, 1.165) is 23.3 Å². The van der Waals surface area contributed by atoms with Gasteiger partial charge in [-0.2, -0.15) is 13.2 Å². The van der Waals surface area contributed by atoms with Crippen molar-refractivity contribution in [1.82, 2.24) is 10.6 Å². The van der Waals surface area contributed by atoms with Crippen molar-refractivity contribution >= 4 is 5.91 Å². The average Bonchev–Trinajstić information content (AvgIpc) is 3.09. The number of ether oxygens (including phenoxy) is 1. The first-order chi connectivity index (χ1) is 12.9. The van der Waals surface area contributed by atoms with Crippen molar-refractivity contribution < 1.29 is 22.7 Å². The van der Waals surface area contributed by atoms with Crippen LogP contribution in [0.2, 0.25) is 0 Å². The Bertz CT molecular complexity index is 791. The van der Waals surface area contributed by atoms with Gasteiger partial charge in [0.1, 0.15) is 5.75 Å². The number of amides is 1. The molecule has 1 amide bonds. The lowest BCUT2D eigenvalue weighted by Gasteiger charge is -2.21. The van der Waals surface area contributed by atoms with Crippen LogP contribution in [0.5, 0.6) is 5.75 Å². The number of methoxy groups -OCH3 is 1. The normalized spacial score (nSPS) is 19.7. The molecule has 144 valence electrons. The van der Waals surface area contributed by atoms with E-state index < -0.39 is 11.7 Å². The van der Waals surface area contributed by atoms with Gasteiger partial charge in [0.15, 0.2) is 0 Å². The first-order valence-corrected chi connectivity index (χ1v) is 8.67. The molecule has 0 unspecified atom stereocenters. The summed E-state index contributed by atoms with van der Waals surface area (Å²) in [7, 11) is 1.57. The van der Waals surface area contributed by atoms with Crippen LogP contribution in [-0.2, 0) is 17.4 Å². The van der Waals surface area contributed by atoms with Gasteiger partial charge in [0, 0.05) is 25.0 Å². The molecule has 3 rings (SSSR count). The van der Waals surface area contributed by atoms with Gasteiger partial charge in [0.05, 0.1) is 19.1 Å². The number of hydrogen-bond donors (Lipinski definition) is 2. The Kier molecular flexibility index (Phi) is 5.70. The van der Waals surface area contributed by atoms with Crippen molar-refractivity contribution in [2.75, 3.05) is 20.2 Å². The van der Waals surface area contributed by atoms with Gasteiger partial charge in [-0.25, -0.2) is 0 Å². The lowest BCUT2D eigenvalue weighted by molar-refractivity contribution is -0.137. The highest BCUT2D eigenvalue weighted by Gasteiger charge is 2.32. The van der Waals surface area contributed by atoms with E-state index in [9.17, 15) is 18.0 Å². The van der Waals surface area contributed by atoms with Crippen LogP contribution >= 0.6 is 0 Å². The second-order valence-electron chi connectivity index (χ2n) is 6.59. The third-order valence-electron chi connectivity index (χ3n) is 4.73. The zero-order valence-electron chi connectivity index (χ0n) is 14.8. The molecular formula is C20H21F3N2O2. The molecule has 0 saturated carbocycles. The first kappa shape index (κ1) is 19.2. The van der Waals surface area contributed by atoms with E-state index in [2.05, 4.69) is 10.6 Å². The molecule has 0 radical (unpaired) electrons. The summed E-state index contributed by atoms with van der Waals surface area (Å²) >= 11 is 0. The molecule has 0 spiro atoms. The molecule has 0 aliphatic carbocycles. The van der Waals surface area contributed by atoms with Crippen molar-refractivity contribution in [3.8, 4) is 5.75 Å². The van der Waals surface area contributed by atoms with Crippen LogP contribution in [0.3, 0.4) is 0 Å². The Balaban J connectivity index is 1.64. The molecule has 2 aromatic carbocycles. The molecule has 2 N–H and O–H groups in total. The second kappa shape index (κ2) is 8.00. The maximum Gasteiger partial charge on any atom is 0.416 e. The van der Waals surface area contributed by atoms with Gasteiger partial charge in [-0.3, -0.25) is 4.79 Å². The molecule has 2 aromatic rings. The van der Waals surface area contributed by atoms with E-state index in [1.807, 2.05) is 18.2 Å². The lowest BCUT2D eigenvalue weighted by atomic mass is 9.93. The van der Waals surface area contributed by atoms with Crippen LogP contribution in [0.1, 0.15) is 22.6 Å². The van der Waals surface area contributed by atoms with Gasteiger partial charge in [-0.05, 0) is 35.4 Å². The molecule has 27 heavy (non-hydrogen) atoms. The lowest BCUT2D eigenvalue weighted by Crippen LogP contribution is -2.40. The Hall–Kier alpha value is -2.54. The average molecular weight is 378 g/mol. The summed E-state index contributed by atoms with van der Waals surface area (Å²) in [5.41, 5.74) is 0.944. The smallest absolute Gasteiger partial charge is 0.416 e. The van der Waals surface area contributed by atoms with Crippen molar-refractivity contribution in [3.63, 3.8) is 0 Å². The summed E-state index contributed by atoms with van der Waals surface area (Å²) in [4.78, 5) is 12.4. The molecule has 4 nitrogen and oxygen atoms in total. The van der Waals surface area contributed by atoms with Gasteiger partial charge in [-0.1, -0.05) is 24.3 Å². The summed E-state index contributed by atoms with van der Waals surface area (Å²) in [6, 6.07) is 12.3. The third-order valence-corrected chi connectivity index (χ3v) is 4.73. The Morgan fingerprint density at radius 1 is 1.19 bits per heavy atom. The van der Waals surface area contributed by atoms with Gasteiger partial charge in [-0.15, -0.1) is 0 Å². The molecule has 1 aliphatic heterocycles. The number of alkyl halides is 3. The SMILES string of the molecule is COc1cccc(CC(=O)N[C@H]2CNC[C@@H]2c2ccc(C(F)(F)F)cc2)c1. The van der Waals surface area contributed by atoms with E-state index in [-0.39, 0.29) is 24.3 Å². The summed E-state index contributed by atoms with van der Waals surface area (Å²) in [6.45, 7) is 1.19. The minimum Gasteiger partial charge on any atom is -0.497 e. The largest absolute Gasteiger partial charge is 0.497 e. The van der Waals surface area contributed by atoms with E-state index in [1.165, 1.54) is 12.1 Å². The van der Waals surface area contributed by atoms with Gasteiger partial charge >= 0.3 is 6.18 Å². The summed E-state index contributed by atoms with van der Waals surface area (Å²) in [5, 5.41) is 6.19. The molecule has 0 aromatic heterocycles. The van der Waals surface area contributed by atoms with Crippen LogP contribution < -0.4 is 15.4 Å². The van der Waals surface area contributed by atoms with E-state index >= 15 is 0 Å². The van der Waals surface area contributed by atoms with Crippen LogP contribution in [0, 0.1) is 0 Å². The zero-order chi connectivity index (χ0) is 19.4. The monoisotopic (exact) mass is 378 g/mol. The van der Waals surface area contributed by atoms with Crippen molar-refractivity contribution in [1.29, 1.82) is 0 Å². The number of benzene rings is 2. The number of nitrogens with one attached hydrogen (secondary N) is 2. The highest BCUT2D eigenvalue weighted by molar-refractivity contribution is 5.79. The van der Waals surface area contributed by atoms with Gasteiger partial charge in [0.2, 0.25) is 5.91 Å². The highest BCUT2D eigenvalue weighted by Crippen LogP contribution is 2.31. The second-order valence-corrected chi connectivity index (χ2v) is 6.59. The minimum atomic E-state index is -4.35. The fraction of sp³-hybridized carbons (Fsp3) is 0.350. The highest BCUT2D eigenvalue weighted by atomic mass is 19.4. The Labute approximate surface area is 155 Å². The number of hydrogen-bond acceptors (Lipinski definition) is 3. The fourth-order valence-electron chi connectivity index (χ4n) is 3.33. The molecule has 2 atom stereocenters. The predicted molar refractivity (Wildman–Crippen MR) is 95.7 cm³/mol. The quantitative estimate of drug-likeness (QED) is 0.841. The number of halogens is 3. The van der Waals surface area contributed by atoms with Gasteiger partial charge in [0.25, 0.3) is 0 Å². The predicted octanol–water partition coefficient (Wildman–Crippen LogP) is 3.13. The standard InChI is InChI=1S/C20H21F3N2O2/c1-27-16-4-2-3-13(9-16)10-19(26)25-18-12-24-11-17(18)14-5-7-15(8-6-14)20(21,22)23/h2-9,17-18,24H,10-12H2,1H3,(H,25,26)/t17-,18+/m1/s1. The summed E-state index contributed by atoms with van der Waals surface area (Å²) in [6.07, 6.45) is -4.13. The molecule has 0 bridgehead atoms. The fourth-order valence-corrected chi connectivity index (χ4v) is 3.33.